The number of carbonyl (C=O) groups excluding carboxylic acids is 1. The van der Waals surface area contributed by atoms with Gasteiger partial charge in [-0.3, -0.25) is 0 Å². The van der Waals surface area contributed by atoms with Gasteiger partial charge in [-0.15, -0.1) is 0 Å². The molecule has 0 heterocycles. The third kappa shape index (κ3) is 3.07. The Morgan fingerprint density at radius 3 is 2.11 bits per heavy atom. The number of rotatable bonds is 3. The smallest absolute Gasteiger partial charge is 0.123 e. The molecule has 0 saturated carbocycles. The van der Waals surface area contributed by atoms with Gasteiger partial charge < -0.3 is 4.79 Å². The van der Waals surface area contributed by atoms with E-state index < -0.39 is 0 Å². The Kier molecular flexibility index (Phi) is 4.02. The third-order valence-corrected chi connectivity index (χ3v) is 1.54. The summed E-state index contributed by atoms with van der Waals surface area (Å²) in [5.74, 6) is 0.536. The summed E-state index contributed by atoms with van der Waals surface area (Å²) in [6.45, 7) is 5.94. The van der Waals surface area contributed by atoms with Crippen LogP contribution in [0.1, 0.15) is 20.8 Å². The monoisotopic (exact) mass is 126 g/mol. The van der Waals surface area contributed by atoms with E-state index in [1.807, 2.05) is 32.9 Å². The minimum absolute atomic E-state index is 0.154. The lowest BCUT2D eigenvalue weighted by atomic mass is 9.97. The van der Waals surface area contributed by atoms with E-state index >= 15 is 0 Å². The van der Waals surface area contributed by atoms with Gasteiger partial charge >= 0.3 is 0 Å². The van der Waals surface area contributed by atoms with Crippen molar-refractivity contribution in [2.45, 2.75) is 20.8 Å². The fraction of sp³-hybridized carbons (Fsp3) is 0.625. The summed E-state index contributed by atoms with van der Waals surface area (Å²) < 4.78 is 0. The maximum atomic E-state index is 10.2. The first-order chi connectivity index (χ1) is 4.22. The molecule has 1 unspecified atom stereocenters. The van der Waals surface area contributed by atoms with Gasteiger partial charge in [0.15, 0.2) is 0 Å². The summed E-state index contributed by atoms with van der Waals surface area (Å²) >= 11 is 0. The van der Waals surface area contributed by atoms with E-state index in [-0.39, 0.29) is 5.92 Å². The molecule has 0 aliphatic heterocycles. The molecule has 52 valence electrons. The van der Waals surface area contributed by atoms with Gasteiger partial charge in [0, 0.05) is 5.92 Å². The van der Waals surface area contributed by atoms with Gasteiger partial charge in [-0.2, -0.15) is 0 Å². The molecular weight excluding hydrogens is 112 g/mol. The van der Waals surface area contributed by atoms with E-state index in [0.717, 1.165) is 6.29 Å². The van der Waals surface area contributed by atoms with Crippen molar-refractivity contribution in [2.75, 3.05) is 0 Å². The van der Waals surface area contributed by atoms with Crippen molar-refractivity contribution in [3.63, 3.8) is 0 Å². The van der Waals surface area contributed by atoms with Crippen LogP contribution in [0.15, 0.2) is 12.2 Å². The van der Waals surface area contributed by atoms with Gasteiger partial charge in [0.1, 0.15) is 6.29 Å². The maximum absolute atomic E-state index is 10.2. The van der Waals surface area contributed by atoms with E-state index in [2.05, 4.69) is 0 Å². The average Bonchev–Trinajstić information content (AvgIpc) is 1.87. The topological polar surface area (TPSA) is 17.1 Å². The first-order valence-electron chi connectivity index (χ1n) is 3.30. The molecule has 0 aromatic carbocycles. The molecule has 0 radical (unpaired) electrons. The Bertz CT molecular complexity index is 105. The number of aldehydes is 1. The van der Waals surface area contributed by atoms with Crippen molar-refractivity contribution < 1.29 is 4.79 Å². The Labute approximate surface area is 56.8 Å². The normalized spacial score (nSPS) is 17.7. The van der Waals surface area contributed by atoms with E-state index in [1.165, 1.54) is 0 Å². The highest BCUT2D eigenvalue weighted by Gasteiger charge is 2.05. The zero-order valence-electron chi connectivity index (χ0n) is 6.29. The molecule has 0 N–H and O–H groups in total. The van der Waals surface area contributed by atoms with Crippen LogP contribution in [0.2, 0.25) is 0 Å². The Morgan fingerprint density at radius 2 is 1.78 bits per heavy atom. The van der Waals surface area contributed by atoms with Gasteiger partial charge in [0.05, 0.1) is 0 Å². The van der Waals surface area contributed by atoms with Gasteiger partial charge in [0.2, 0.25) is 0 Å². The molecule has 0 spiro atoms. The number of allylic oxidation sites excluding steroid dienone is 2. The largest absolute Gasteiger partial charge is 0.303 e. The molecule has 0 amide bonds. The minimum atomic E-state index is 0.154. The zero-order chi connectivity index (χ0) is 7.28. The van der Waals surface area contributed by atoms with E-state index in [1.54, 1.807) is 0 Å². The highest BCUT2D eigenvalue weighted by atomic mass is 16.1. The predicted molar refractivity (Wildman–Crippen MR) is 39.2 cm³/mol. The minimum Gasteiger partial charge on any atom is -0.303 e. The highest BCUT2D eigenvalue weighted by Crippen LogP contribution is 2.08. The van der Waals surface area contributed by atoms with Crippen molar-refractivity contribution in [1.82, 2.24) is 0 Å². The Hall–Kier alpha value is -0.590. The molecule has 0 aromatic rings. The quantitative estimate of drug-likeness (QED) is 0.417. The summed E-state index contributed by atoms with van der Waals surface area (Å²) in [5, 5.41) is 0. The fourth-order valence-corrected chi connectivity index (χ4v) is 0.603. The SMILES string of the molecule is C/C=C\[C@@H](C)C(C)C=O. The van der Waals surface area contributed by atoms with Crippen LogP contribution >= 0.6 is 0 Å². The van der Waals surface area contributed by atoms with Crippen LogP contribution in [0.3, 0.4) is 0 Å². The zero-order valence-corrected chi connectivity index (χ0v) is 6.29. The van der Waals surface area contributed by atoms with Crippen LogP contribution in [-0.4, -0.2) is 6.29 Å². The molecule has 0 rings (SSSR count). The van der Waals surface area contributed by atoms with Gasteiger partial charge in [-0.25, -0.2) is 0 Å². The molecule has 0 fully saturated rings. The van der Waals surface area contributed by atoms with Crippen LogP contribution in [-0.2, 0) is 4.79 Å². The standard InChI is InChI=1S/C8H14O/c1-4-5-7(2)8(3)6-9/h4-8H,1-3H3/b5-4-/t7-,8?/m1/s1. The highest BCUT2D eigenvalue weighted by molar-refractivity contribution is 5.53. The van der Waals surface area contributed by atoms with Crippen LogP contribution < -0.4 is 0 Å². The maximum Gasteiger partial charge on any atom is 0.123 e. The van der Waals surface area contributed by atoms with Crippen LogP contribution in [0.5, 0.6) is 0 Å². The van der Waals surface area contributed by atoms with Gasteiger partial charge in [-0.1, -0.05) is 26.0 Å². The summed E-state index contributed by atoms with van der Waals surface area (Å²) in [6.07, 6.45) is 5.01. The van der Waals surface area contributed by atoms with Crippen LogP contribution in [0.25, 0.3) is 0 Å². The van der Waals surface area contributed by atoms with E-state index in [4.69, 9.17) is 0 Å². The first kappa shape index (κ1) is 8.41. The molecule has 1 nitrogen and oxygen atoms in total. The number of carbonyl (C=O) groups is 1. The van der Waals surface area contributed by atoms with Crippen LogP contribution in [0.4, 0.5) is 0 Å². The lowest BCUT2D eigenvalue weighted by Crippen LogP contribution is -2.05. The number of hydrogen-bond donors (Lipinski definition) is 0. The van der Waals surface area contributed by atoms with Gasteiger partial charge in [0.25, 0.3) is 0 Å². The molecular formula is C8H14O. The molecule has 2 atom stereocenters. The second-order valence-corrected chi connectivity index (χ2v) is 2.38. The first-order valence-corrected chi connectivity index (χ1v) is 3.30. The van der Waals surface area contributed by atoms with Gasteiger partial charge in [-0.05, 0) is 12.8 Å². The average molecular weight is 126 g/mol. The Balaban J connectivity index is 3.71. The second kappa shape index (κ2) is 4.30. The van der Waals surface area contributed by atoms with Crippen molar-refractivity contribution in [3.05, 3.63) is 12.2 Å². The summed E-state index contributed by atoms with van der Waals surface area (Å²) in [7, 11) is 0. The van der Waals surface area contributed by atoms with Crippen molar-refractivity contribution in [3.8, 4) is 0 Å². The number of hydrogen-bond acceptors (Lipinski definition) is 1. The predicted octanol–water partition coefficient (Wildman–Crippen LogP) is 2.03. The summed E-state index contributed by atoms with van der Waals surface area (Å²) in [4.78, 5) is 10.2. The lowest BCUT2D eigenvalue weighted by molar-refractivity contribution is -0.111. The van der Waals surface area contributed by atoms with Crippen molar-refractivity contribution in [2.24, 2.45) is 11.8 Å². The molecule has 0 bridgehead atoms. The second-order valence-electron chi connectivity index (χ2n) is 2.38. The molecule has 0 saturated heterocycles. The lowest BCUT2D eigenvalue weighted by Gasteiger charge is -2.06. The Morgan fingerprint density at radius 1 is 1.22 bits per heavy atom. The van der Waals surface area contributed by atoms with Crippen molar-refractivity contribution in [1.29, 1.82) is 0 Å². The third-order valence-electron chi connectivity index (χ3n) is 1.54. The summed E-state index contributed by atoms with van der Waals surface area (Å²) in [6, 6.07) is 0. The molecule has 9 heavy (non-hydrogen) atoms. The van der Waals surface area contributed by atoms with E-state index in [9.17, 15) is 4.79 Å². The molecule has 0 aliphatic rings. The molecule has 0 aromatic heterocycles. The molecule has 1 heteroatoms. The van der Waals surface area contributed by atoms with E-state index in [0.29, 0.717) is 5.92 Å². The van der Waals surface area contributed by atoms with Crippen molar-refractivity contribution >= 4 is 6.29 Å². The molecule has 0 aliphatic carbocycles. The van der Waals surface area contributed by atoms with Crippen LogP contribution in [0, 0.1) is 11.8 Å². The summed E-state index contributed by atoms with van der Waals surface area (Å²) in [5.41, 5.74) is 0. The fourth-order valence-electron chi connectivity index (χ4n) is 0.603.